The molecule has 0 aliphatic rings. The molecule has 0 aliphatic carbocycles. The zero-order valence-corrected chi connectivity index (χ0v) is 13.1. The minimum atomic E-state index is -1.18. The summed E-state index contributed by atoms with van der Waals surface area (Å²) in [5.41, 5.74) is 1.39. The van der Waals surface area contributed by atoms with Gasteiger partial charge in [-0.05, 0) is 47.7 Å². The van der Waals surface area contributed by atoms with E-state index in [1.54, 1.807) is 18.2 Å². The van der Waals surface area contributed by atoms with E-state index in [9.17, 15) is 15.0 Å². The summed E-state index contributed by atoms with van der Waals surface area (Å²) in [6.07, 6.45) is 1.26. The maximum atomic E-state index is 11.8. The number of benzene rings is 2. The van der Waals surface area contributed by atoms with Gasteiger partial charge in [0, 0.05) is 5.02 Å². The van der Waals surface area contributed by atoms with Gasteiger partial charge in [-0.25, -0.2) is 9.78 Å². The highest BCUT2D eigenvalue weighted by Crippen LogP contribution is 2.32. The Labute approximate surface area is 140 Å². The first kappa shape index (κ1) is 15.5. The van der Waals surface area contributed by atoms with E-state index >= 15 is 0 Å². The number of hydrogen-bond donors (Lipinski definition) is 1. The maximum absolute atomic E-state index is 11.8. The molecule has 0 atom stereocenters. The van der Waals surface area contributed by atoms with E-state index in [2.05, 4.69) is 4.98 Å². The smallest absolute Gasteiger partial charge is 0.342 e. The molecule has 5 nitrogen and oxygen atoms in total. The molecule has 23 heavy (non-hydrogen) atoms. The van der Waals surface area contributed by atoms with Crippen LogP contribution in [0.4, 0.5) is 0 Å². The summed E-state index contributed by atoms with van der Waals surface area (Å²) in [4.78, 5) is 15.5. The van der Waals surface area contributed by atoms with Crippen molar-refractivity contribution in [3.05, 3.63) is 58.0 Å². The lowest BCUT2D eigenvalue weighted by molar-refractivity contribution is -0.268. The van der Waals surface area contributed by atoms with Gasteiger partial charge in [0.2, 0.25) is 0 Å². The highest BCUT2D eigenvalue weighted by molar-refractivity contribution is 8.03. The molecule has 0 fully saturated rings. The third-order valence-corrected chi connectivity index (χ3v) is 4.04. The Kier molecular flexibility index (Phi) is 4.27. The Bertz CT molecular complexity index is 886. The minimum absolute atomic E-state index is 0.0871. The number of oxazole rings is 1. The quantitative estimate of drug-likeness (QED) is 0.571. The van der Waals surface area contributed by atoms with Crippen LogP contribution in [0, 0.1) is 0 Å². The zero-order valence-electron chi connectivity index (χ0n) is 11.5. The van der Waals surface area contributed by atoms with Gasteiger partial charge in [0.05, 0.1) is 0 Å². The Morgan fingerprint density at radius 3 is 2.83 bits per heavy atom. The SMILES string of the molecule is O=C(O)/C(=C/c1cc(Cl)ccc1[O-])Sc1nc2ccccc2o1. The van der Waals surface area contributed by atoms with Gasteiger partial charge in [-0.15, -0.1) is 5.75 Å². The van der Waals surface area contributed by atoms with Crippen molar-refractivity contribution in [1.29, 1.82) is 0 Å². The second-order valence-electron chi connectivity index (χ2n) is 4.55. The number of fused-ring (bicyclic) bond motifs is 1. The highest BCUT2D eigenvalue weighted by Gasteiger charge is 2.15. The van der Waals surface area contributed by atoms with Crippen LogP contribution in [0.25, 0.3) is 17.2 Å². The second kappa shape index (κ2) is 6.36. The summed E-state index contributed by atoms with van der Waals surface area (Å²) >= 11 is 6.67. The Hall–Kier alpha value is -2.44. The number of carbonyl (C=O) groups is 1. The Morgan fingerprint density at radius 1 is 1.30 bits per heavy atom. The molecule has 0 bridgehead atoms. The summed E-state index contributed by atoms with van der Waals surface area (Å²) in [5.74, 6) is -1.50. The fourth-order valence-corrected chi connectivity index (χ4v) is 2.81. The third kappa shape index (κ3) is 3.49. The topological polar surface area (TPSA) is 86.4 Å². The summed E-state index contributed by atoms with van der Waals surface area (Å²) in [7, 11) is 0. The van der Waals surface area contributed by atoms with Crippen molar-refractivity contribution >= 4 is 46.5 Å². The molecule has 0 radical (unpaired) electrons. The van der Waals surface area contributed by atoms with Crippen LogP contribution in [0.5, 0.6) is 5.75 Å². The number of nitrogens with zero attached hydrogens (tertiary/aromatic N) is 1. The molecular formula is C16H9ClNO4S-. The monoisotopic (exact) mass is 346 g/mol. The van der Waals surface area contributed by atoms with E-state index < -0.39 is 5.97 Å². The average Bonchev–Trinajstić information content (AvgIpc) is 2.92. The van der Waals surface area contributed by atoms with Crippen LogP contribution in [0.3, 0.4) is 0 Å². The molecule has 1 N–H and O–H groups in total. The minimum Gasteiger partial charge on any atom is -0.872 e. The fraction of sp³-hybridized carbons (Fsp3) is 0. The van der Waals surface area contributed by atoms with Crippen LogP contribution in [0.15, 0.2) is 57.0 Å². The van der Waals surface area contributed by atoms with E-state index in [-0.39, 0.29) is 21.4 Å². The first-order chi connectivity index (χ1) is 11.0. The van der Waals surface area contributed by atoms with Gasteiger partial charge in [0.1, 0.15) is 10.4 Å². The van der Waals surface area contributed by atoms with E-state index in [4.69, 9.17) is 16.0 Å². The van der Waals surface area contributed by atoms with Gasteiger partial charge in [-0.3, -0.25) is 0 Å². The average molecular weight is 347 g/mol. The lowest BCUT2D eigenvalue weighted by Gasteiger charge is -2.10. The molecule has 0 aliphatic heterocycles. The number of carboxylic acids is 1. The van der Waals surface area contributed by atoms with Crippen molar-refractivity contribution in [1.82, 2.24) is 4.98 Å². The van der Waals surface area contributed by atoms with Gasteiger partial charge >= 0.3 is 5.97 Å². The van der Waals surface area contributed by atoms with Crippen molar-refractivity contribution < 1.29 is 19.4 Å². The van der Waals surface area contributed by atoms with Gasteiger partial charge in [0.25, 0.3) is 5.22 Å². The predicted octanol–water partition coefficient (Wildman–Crippen LogP) is 3.77. The molecule has 0 saturated heterocycles. The van der Waals surface area contributed by atoms with Crippen LogP contribution in [-0.4, -0.2) is 16.1 Å². The number of halogens is 1. The van der Waals surface area contributed by atoms with E-state index in [1.807, 2.05) is 6.07 Å². The van der Waals surface area contributed by atoms with Crippen LogP contribution >= 0.6 is 23.4 Å². The zero-order chi connectivity index (χ0) is 16.4. The number of aliphatic carboxylic acids is 1. The van der Waals surface area contributed by atoms with Gasteiger partial charge < -0.3 is 14.6 Å². The van der Waals surface area contributed by atoms with Gasteiger partial charge in [-0.2, -0.15) is 0 Å². The highest BCUT2D eigenvalue weighted by atomic mass is 35.5. The maximum Gasteiger partial charge on any atom is 0.342 e. The molecule has 1 heterocycles. The molecule has 0 spiro atoms. The molecular weight excluding hydrogens is 338 g/mol. The normalized spacial score (nSPS) is 11.8. The lowest BCUT2D eigenvalue weighted by atomic mass is 10.2. The summed E-state index contributed by atoms with van der Waals surface area (Å²) < 4.78 is 5.48. The molecule has 3 aromatic rings. The Balaban J connectivity index is 1.97. The van der Waals surface area contributed by atoms with Crippen molar-refractivity contribution in [2.24, 2.45) is 0 Å². The summed E-state index contributed by atoms with van der Waals surface area (Å²) in [6.45, 7) is 0. The lowest BCUT2D eigenvalue weighted by Crippen LogP contribution is -1.99. The first-order valence-corrected chi connectivity index (χ1v) is 7.67. The number of carboxylic acid groups (broad SMARTS) is 1. The van der Waals surface area contributed by atoms with Crippen molar-refractivity contribution in [2.75, 3.05) is 0 Å². The summed E-state index contributed by atoms with van der Waals surface area (Å²) in [5, 5.41) is 21.7. The fourth-order valence-electron chi connectivity index (χ4n) is 1.90. The number of hydrogen-bond acceptors (Lipinski definition) is 5. The van der Waals surface area contributed by atoms with Crippen molar-refractivity contribution in [2.45, 2.75) is 5.22 Å². The molecule has 1 aromatic heterocycles. The number of para-hydroxylation sites is 2. The van der Waals surface area contributed by atoms with Gasteiger partial charge in [-0.1, -0.05) is 29.8 Å². The van der Waals surface area contributed by atoms with Gasteiger partial charge in [0.15, 0.2) is 5.58 Å². The Morgan fingerprint density at radius 2 is 2.09 bits per heavy atom. The van der Waals surface area contributed by atoms with Crippen molar-refractivity contribution in [3.8, 4) is 5.75 Å². The summed E-state index contributed by atoms with van der Waals surface area (Å²) in [6, 6.07) is 11.3. The van der Waals surface area contributed by atoms with E-state index in [0.717, 1.165) is 11.8 Å². The molecule has 7 heteroatoms. The van der Waals surface area contributed by atoms with Crippen molar-refractivity contribution in [3.63, 3.8) is 0 Å². The van der Waals surface area contributed by atoms with Crippen LogP contribution in [0.2, 0.25) is 5.02 Å². The third-order valence-electron chi connectivity index (χ3n) is 2.94. The molecule has 2 aromatic carbocycles. The molecule has 0 unspecified atom stereocenters. The number of rotatable bonds is 4. The molecule has 116 valence electrons. The van der Waals surface area contributed by atoms with Crippen LogP contribution in [0.1, 0.15) is 5.56 Å². The number of thioether (sulfide) groups is 1. The first-order valence-electron chi connectivity index (χ1n) is 6.48. The predicted molar refractivity (Wildman–Crippen MR) is 86.4 cm³/mol. The van der Waals surface area contributed by atoms with Crippen LogP contribution in [-0.2, 0) is 4.79 Å². The largest absolute Gasteiger partial charge is 0.872 e. The second-order valence-corrected chi connectivity index (χ2v) is 5.98. The van der Waals surface area contributed by atoms with E-state index in [1.165, 1.54) is 24.3 Å². The molecule has 0 amide bonds. The standard InChI is InChI=1S/C16H10ClNO4S/c17-10-5-6-12(19)9(7-10)8-14(15(20)21)23-16-18-11-3-1-2-4-13(11)22-16/h1-8,19H,(H,20,21)/p-1/b14-8-. The number of aromatic nitrogens is 1. The van der Waals surface area contributed by atoms with Crippen LogP contribution < -0.4 is 5.11 Å². The molecule has 0 saturated carbocycles. The van der Waals surface area contributed by atoms with E-state index in [0.29, 0.717) is 16.1 Å². The molecule has 3 rings (SSSR count).